The van der Waals surface area contributed by atoms with Crippen LogP contribution in [0.2, 0.25) is 0 Å². The van der Waals surface area contributed by atoms with Crippen molar-refractivity contribution in [3.63, 3.8) is 0 Å². The molecule has 0 aromatic heterocycles. The minimum atomic E-state index is -4.27. The quantitative estimate of drug-likeness (QED) is 0.658. The van der Waals surface area contributed by atoms with Gasteiger partial charge in [-0.15, -0.1) is 0 Å². The molecule has 2 aromatic carbocycles. The maximum absolute atomic E-state index is 15.6. The Hall–Kier alpha value is -2.66. The third-order valence-corrected chi connectivity index (χ3v) is 8.65. The molecule has 2 bridgehead atoms. The molecule has 1 amide bonds. The minimum Gasteiger partial charge on any atom is -0.489 e. The highest BCUT2D eigenvalue weighted by Crippen LogP contribution is 2.45. The number of hydrogen-bond donors (Lipinski definition) is 1. The number of halogens is 4. The number of fused-ring (bicyclic) bond motifs is 5. The SMILES string of the molecule is O=C1CCOc2c(F)cc(F)cc2-c2cccc(c2F)CC2C(NS(=O)(=O)C3(F)CC3)CCN12. The summed E-state index contributed by atoms with van der Waals surface area (Å²) < 4.78 is 91.3. The highest BCUT2D eigenvalue weighted by molar-refractivity contribution is 7.91. The average molecular weight is 498 g/mol. The molecule has 11 heteroatoms. The lowest BCUT2D eigenvalue weighted by atomic mass is 9.95. The third-order valence-electron chi connectivity index (χ3n) is 6.67. The summed E-state index contributed by atoms with van der Waals surface area (Å²) in [7, 11) is -4.27. The molecule has 6 nitrogen and oxygen atoms in total. The summed E-state index contributed by atoms with van der Waals surface area (Å²) in [5.41, 5.74) is -0.0809. The van der Waals surface area contributed by atoms with Gasteiger partial charge in [-0.3, -0.25) is 4.79 Å². The summed E-state index contributed by atoms with van der Waals surface area (Å²) in [6, 6.07) is 4.35. The number of nitrogens with zero attached hydrogens (tertiary/aromatic N) is 1. The number of amides is 1. The lowest BCUT2D eigenvalue weighted by molar-refractivity contribution is -0.132. The maximum Gasteiger partial charge on any atom is 0.247 e. The van der Waals surface area contributed by atoms with E-state index in [1.54, 1.807) is 0 Å². The fourth-order valence-electron chi connectivity index (χ4n) is 4.69. The second kappa shape index (κ2) is 8.23. The van der Waals surface area contributed by atoms with Crippen LogP contribution in [-0.2, 0) is 21.2 Å². The fourth-order valence-corrected chi connectivity index (χ4v) is 6.21. The molecule has 3 aliphatic rings. The van der Waals surface area contributed by atoms with Crippen LogP contribution in [0.25, 0.3) is 11.1 Å². The van der Waals surface area contributed by atoms with E-state index in [0.717, 1.165) is 6.07 Å². The molecular formula is C23H22F4N2O4S. The van der Waals surface area contributed by atoms with Crippen LogP contribution in [0.5, 0.6) is 5.75 Å². The third kappa shape index (κ3) is 3.94. The number of sulfonamides is 1. The van der Waals surface area contributed by atoms with Gasteiger partial charge in [0.05, 0.1) is 19.1 Å². The second-order valence-corrected chi connectivity index (χ2v) is 10.9. The summed E-state index contributed by atoms with van der Waals surface area (Å²) in [6.07, 6.45) is -0.179. The van der Waals surface area contributed by atoms with Crippen LogP contribution < -0.4 is 9.46 Å². The van der Waals surface area contributed by atoms with Crippen molar-refractivity contribution in [1.29, 1.82) is 0 Å². The predicted molar refractivity (Wildman–Crippen MR) is 115 cm³/mol. The number of rotatable bonds is 3. The molecule has 34 heavy (non-hydrogen) atoms. The van der Waals surface area contributed by atoms with Crippen molar-refractivity contribution in [2.24, 2.45) is 0 Å². The van der Waals surface area contributed by atoms with Gasteiger partial charge in [0.25, 0.3) is 0 Å². The van der Waals surface area contributed by atoms with Crippen LogP contribution >= 0.6 is 0 Å². The van der Waals surface area contributed by atoms with E-state index >= 15 is 4.39 Å². The molecular weight excluding hydrogens is 476 g/mol. The number of carbonyl (C=O) groups excluding carboxylic acids is 1. The first-order chi connectivity index (χ1) is 16.1. The monoisotopic (exact) mass is 498 g/mol. The number of carbonyl (C=O) groups is 1. The average Bonchev–Trinajstić information content (AvgIpc) is 3.42. The van der Waals surface area contributed by atoms with Gasteiger partial charge in [-0.05, 0) is 24.5 Å². The first-order valence-corrected chi connectivity index (χ1v) is 12.5. The van der Waals surface area contributed by atoms with Crippen LogP contribution in [-0.4, -0.2) is 49.5 Å². The van der Waals surface area contributed by atoms with Gasteiger partial charge >= 0.3 is 0 Å². The van der Waals surface area contributed by atoms with Crippen LogP contribution in [0.4, 0.5) is 17.6 Å². The number of ether oxygens (including phenoxy) is 1. The molecule has 182 valence electrons. The van der Waals surface area contributed by atoms with Gasteiger partial charge in [-0.1, -0.05) is 18.2 Å². The molecule has 1 saturated heterocycles. The van der Waals surface area contributed by atoms with Crippen molar-refractivity contribution in [3.8, 4) is 16.9 Å². The van der Waals surface area contributed by atoms with E-state index in [9.17, 15) is 26.4 Å². The summed E-state index contributed by atoms with van der Waals surface area (Å²) >= 11 is 0. The molecule has 1 saturated carbocycles. The van der Waals surface area contributed by atoms with Crippen molar-refractivity contribution >= 4 is 15.9 Å². The molecule has 2 unspecified atom stereocenters. The standard InChI is InChI=1S/C23H22F4N2O4S/c24-14-11-16-15-3-1-2-13(21(15)26)10-19-18(28-34(31,32)23(27)6-7-23)4-8-29(19)20(30)5-9-33-22(16)17(25)12-14/h1-3,11-12,18-19,28H,4-10H2. The Morgan fingerprint density at radius 3 is 2.62 bits per heavy atom. The molecule has 2 atom stereocenters. The van der Waals surface area contributed by atoms with Gasteiger partial charge in [0.2, 0.25) is 20.9 Å². The van der Waals surface area contributed by atoms with Crippen molar-refractivity contribution in [3.05, 3.63) is 53.3 Å². The Morgan fingerprint density at radius 2 is 1.88 bits per heavy atom. The Kier molecular flexibility index (Phi) is 5.59. The summed E-state index contributed by atoms with van der Waals surface area (Å²) in [5, 5.41) is -2.31. The van der Waals surface area contributed by atoms with E-state index in [4.69, 9.17) is 4.74 Å². The van der Waals surface area contributed by atoms with Crippen LogP contribution in [0.3, 0.4) is 0 Å². The first-order valence-electron chi connectivity index (χ1n) is 11.0. The Bertz CT molecular complexity index is 1270. The number of benzene rings is 2. The minimum absolute atomic E-state index is 0.0636. The van der Waals surface area contributed by atoms with Gasteiger partial charge in [0.1, 0.15) is 11.6 Å². The van der Waals surface area contributed by atoms with Gasteiger partial charge < -0.3 is 9.64 Å². The van der Waals surface area contributed by atoms with Gasteiger partial charge in [-0.25, -0.2) is 30.7 Å². The summed E-state index contributed by atoms with van der Waals surface area (Å²) in [4.78, 5) is 14.4. The van der Waals surface area contributed by atoms with Crippen molar-refractivity contribution < 1.29 is 35.5 Å². The molecule has 0 spiro atoms. The van der Waals surface area contributed by atoms with Crippen LogP contribution in [0.1, 0.15) is 31.2 Å². The van der Waals surface area contributed by atoms with Gasteiger partial charge in [0.15, 0.2) is 11.6 Å². The van der Waals surface area contributed by atoms with Gasteiger partial charge in [0, 0.05) is 42.6 Å². The van der Waals surface area contributed by atoms with E-state index in [1.165, 1.54) is 23.1 Å². The molecule has 5 rings (SSSR count). The first kappa shape index (κ1) is 23.1. The molecule has 2 heterocycles. The molecule has 2 aromatic rings. The Balaban J connectivity index is 1.56. The number of hydrogen-bond acceptors (Lipinski definition) is 4. The summed E-state index contributed by atoms with van der Waals surface area (Å²) in [5.74, 6) is -3.44. The van der Waals surface area contributed by atoms with Gasteiger partial charge in [-0.2, -0.15) is 0 Å². The van der Waals surface area contributed by atoms with Crippen LogP contribution in [0, 0.1) is 17.5 Å². The molecule has 0 radical (unpaired) electrons. The van der Waals surface area contributed by atoms with E-state index in [-0.39, 0.29) is 67.7 Å². The largest absolute Gasteiger partial charge is 0.489 e. The zero-order valence-electron chi connectivity index (χ0n) is 18.0. The maximum atomic E-state index is 15.6. The fraction of sp³-hybridized carbons (Fsp3) is 0.435. The molecule has 1 N–H and O–H groups in total. The van der Waals surface area contributed by atoms with E-state index in [0.29, 0.717) is 6.07 Å². The molecule has 1 aliphatic carbocycles. The second-order valence-electron chi connectivity index (χ2n) is 8.90. The van der Waals surface area contributed by atoms with E-state index < -0.39 is 50.5 Å². The van der Waals surface area contributed by atoms with Crippen molar-refractivity contribution in [1.82, 2.24) is 9.62 Å². The van der Waals surface area contributed by atoms with E-state index in [2.05, 4.69) is 4.72 Å². The van der Waals surface area contributed by atoms with Crippen molar-refractivity contribution in [2.75, 3.05) is 13.2 Å². The van der Waals surface area contributed by atoms with Crippen molar-refractivity contribution in [2.45, 2.75) is 49.2 Å². The molecule has 2 fully saturated rings. The normalized spacial score (nSPS) is 23.9. The highest BCUT2D eigenvalue weighted by Gasteiger charge is 2.57. The molecule has 2 aliphatic heterocycles. The topological polar surface area (TPSA) is 75.7 Å². The zero-order chi connectivity index (χ0) is 24.3. The number of alkyl halides is 1. The predicted octanol–water partition coefficient (Wildman–Crippen LogP) is 3.44. The Morgan fingerprint density at radius 1 is 1.12 bits per heavy atom. The lowest BCUT2D eigenvalue weighted by Gasteiger charge is -2.30. The lowest BCUT2D eigenvalue weighted by Crippen LogP contribution is -2.50. The van der Waals surface area contributed by atoms with Crippen LogP contribution in [0.15, 0.2) is 30.3 Å². The zero-order valence-corrected chi connectivity index (χ0v) is 18.8. The Labute approximate surface area is 193 Å². The smallest absolute Gasteiger partial charge is 0.247 e. The number of nitrogens with one attached hydrogen (secondary N) is 1. The van der Waals surface area contributed by atoms with E-state index in [1.807, 2.05) is 0 Å². The highest BCUT2D eigenvalue weighted by atomic mass is 32.2. The summed E-state index contributed by atoms with van der Waals surface area (Å²) in [6.45, 7) is -0.0592.